The van der Waals surface area contributed by atoms with Gasteiger partial charge in [-0.25, -0.2) is 0 Å². The SMILES string of the molecule is Cc1[nH]c2ccccc2c1C(c1ccncc1)N1CCOCC1. The number of hydrogen-bond donors (Lipinski definition) is 1. The number of para-hydroxylation sites is 1. The van der Waals surface area contributed by atoms with E-state index in [0.29, 0.717) is 0 Å². The van der Waals surface area contributed by atoms with Gasteiger partial charge in [0.15, 0.2) is 0 Å². The van der Waals surface area contributed by atoms with Crippen molar-refractivity contribution in [3.63, 3.8) is 0 Å². The molecule has 1 aromatic carbocycles. The Labute approximate surface area is 136 Å². The van der Waals surface area contributed by atoms with Gasteiger partial charge in [-0.15, -0.1) is 0 Å². The van der Waals surface area contributed by atoms with E-state index >= 15 is 0 Å². The lowest BCUT2D eigenvalue weighted by Gasteiger charge is -2.35. The number of hydrogen-bond acceptors (Lipinski definition) is 3. The van der Waals surface area contributed by atoms with Crippen LogP contribution in [-0.4, -0.2) is 41.2 Å². The van der Waals surface area contributed by atoms with E-state index in [1.54, 1.807) is 0 Å². The Balaban J connectivity index is 1.88. The third-order valence-corrected chi connectivity index (χ3v) is 4.65. The van der Waals surface area contributed by atoms with Crippen LogP contribution in [0.5, 0.6) is 0 Å². The van der Waals surface area contributed by atoms with Gasteiger partial charge >= 0.3 is 0 Å². The van der Waals surface area contributed by atoms with E-state index < -0.39 is 0 Å². The fraction of sp³-hybridized carbons (Fsp3) is 0.316. The van der Waals surface area contributed by atoms with Gasteiger partial charge < -0.3 is 9.72 Å². The van der Waals surface area contributed by atoms with Crippen LogP contribution in [0.25, 0.3) is 10.9 Å². The molecule has 4 rings (SSSR count). The summed E-state index contributed by atoms with van der Waals surface area (Å²) in [6, 6.07) is 13.0. The number of morpholine rings is 1. The standard InChI is InChI=1S/C19H21N3O/c1-14-18(16-4-2-3-5-17(16)21-14)19(15-6-8-20-9-7-15)22-10-12-23-13-11-22/h2-9,19,21H,10-13H2,1H3. The molecule has 23 heavy (non-hydrogen) atoms. The van der Waals surface area contributed by atoms with Gasteiger partial charge in [-0.05, 0) is 30.7 Å². The molecule has 4 heteroatoms. The number of benzene rings is 1. The Morgan fingerprint density at radius 1 is 1.09 bits per heavy atom. The lowest BCUT2D eigenvalue weighted by Crippen LogP contribution is -2.39. The molecule has 1 saturated heterocycles. The van der Waals surface area contributed by atoms with Gasteiger partial charge in [0.05, 0.1) is 19.3 Å². The summed E-state index contributed by atoms with van der Waals surface area (Å²) < 4.78 is 5.56. The lowest BCUT2D eigenvalue weighted by molar-refractivity contribution is 0.0241. The highest BCUT2D eigenvalue weighted by Crippen LogP contribution is 2.36. The van der Waals surface area contributed by atoms with Crippen molar-refractivity contribution in [2.75, 3.05) is 26.3 Å². The maximum absolute atomic E-state index is 5.56. The van der Waals surface area contributed by atoms with Crippen molar-refractivity contribution < 1.29 is 4.74 Å². The molecule has 3 heterocycles. The first-order valence-electron chi connectivity index (χ1n) is 8.13. The van der Waals surface area contributed by atoms with E-state index in [1.165, 1.54) is 27.7 Å². The molecule has 1 unspecified atom stereocenters. The number of nitrogens with one attached hydrogen (secondary N) is 1. The smallest absolute Gasteiger partial charge is 0.0628 e. The van der Waals surface area contributed by atoms with E-state index in [4.69, 9.17) is 4.74 Å². The minimum atomic E-state index is 0.234. The van der Waals surface area contributed by atoms with Crippen LogP contribution < -0.4 is 0 Å². The minimum absolute atomic E-state index is 0.234. The van der Waals surface area contributed by atoms with Crippen LogP contribution in [0.4, 0.5) is 0 Å². The Kier molecular flexibility index (Phi) is 3.85. The number of aryl methyl sites for hydroxylation is 1. The molecule has 0 aliphatic carbocycles. The van der Waals surface area contributed by atoms with Crippen molar-refractivity contribution in [1.29, 1.82) is 0 Å². The van der Waals surface area contributed by atoms with Crippen LogP contribution in [0.15, 0.2) is 48.8 Å². The van der Waals surface area contributed by atoms with Gasteiger partial charge in [0.2, 0.25) is 0 Å². The summed E-state index contributed by atoms with van der Waals surface area (Å²) >= 11 is 0. The summed E-state index contributed by atoms with van der Waals surface area (Å²) in [6.45, 7) is 5.66. The monoisotopic (exact) mass is 307 g/mol. The minimum Gasteiger partial charge on any atom is -0.379 e. The highest BCUT2D eigenvalue weighted by Gasteiger charge is 2.28. The van der Waals surface area contributed by atoms with E-state index in [-0.39, 0.29) is 6.04 Å². The zero-order valence-electron chi connectivity index (χ0n) is 13.3. The van der Waals surface area contributed by atoms with Gasteiger partial charge in [-0.1, -0.05) is 18.2 Å². The second-order valence-electron chi connectivity index (χ2n) is 6.04. The van der Waals surface area contributed by atoms with Crippen molar-refractivity contribution in [2.24, 2.45) is 0 Å². The fourth-order valence-corrected chi connectivity index (χ4v) is 3.59. The fourth-order valence-electron chi connectivity index (χ4n) is 3.59. The van der Waals surface area contributed by atoms with Gasteiger partial charge in [-0.3, -0.25) is 9.88 Å². The normalized spacial score (nSPS) is 17.4. The highest BCUT2D eigenvalue weighted by atomic mass is 16.5. The molecule has 1 aliphatic heterocycles. The van der Waals surface area contributed by atoms with Gasteiger partial charge in [0, 0.05) is 47.6 Å². The van der Waals surface area contributed by atoms with E-state index in [9.17, 15) is 0 Å². The van der Waals surface area contributed by atoms with Crippen LogP contribution in [0.2, 0.25) is 0 Å². The van der Waals surface area contributed by atoms with Gasteiger partial charge in [-0.2, -0.15) is 0 Å². The molecule has 4 nitrogen and oxygen atoms in total. The van der Waals surface area contributed by atoms with Crippen LogP contribution in [0.1, 0.15) is 22.9 Å². The largest absolute Gasteiger partial charge is 0.379 e. The van der Waals surface area contributed by atoms with Crippen LogP contribution >= 0.6 is 0 Å². The number of rotatable bonds is 3. The summed E-state index contributed by atoms with van der Waals surface area (Å²) in [7, 11) is 0. The Morgan fingerprint density at radius 2 is 1.83 bits per heavy atom. The average Bonchev–Trinajstić information content (AvgIpc) is 2.94. The molecule has 1 atom stereocenters. The Bertz CT molecular complexity index is 791. The molecule has 2 aromatic heterocycles. The van der Waals surface area contributed by atoms with E-state index in [2.05, 4.69) is 58.2 Å². The molecule has 118 valence electrons. The lowest BCUT2D eigenvalue weighted by atomic mass is 9.95. The van der Waals surface area contributed by atoms with Gasteiger partial charge in [0.1, 0.15) is 0 Å². The first kappa shape index (κ1) is 14.4. The summed E-state index contributed by atoms with van der Waals surface area (Å²) in [4.78, 5) is 10.2. The van der Waals surface area contributed by atoms with Crippen molar-refractivity contribution in [3.05, 3.63) is 65.6 Å². The topological polar surface area (TPSA) is 41.2 Å². The maximum atomic E-state index is 5.56. The third kappa shape index (κ3) is 2.64. The third-order valence-electron chi connectivity index (χ3n) is 4.65. The second kappa shape index (κ2) is 6.14. The van der Waals surface area contributed by atoms with Gasteiger partial charge in [0.25, 0.3) is 0 Å². The van der Waals surface area contributed by atoms with Crippen LogP contribution in [-0.2, 0) is 4.74 Å². The van der Waals surface area contributed by atoms with E-state index in [1.807, 2.05) is 12.4 Å². The highest BCUT2D eigenvalue weighted by molar-refractivity contribution is 5.85. The Hall–Kier alpha value is -2.17. The molecular weight excluding hydrogens is 286 g/mol. The summed E-state index contributed by atoms with van der Waals surface area (Å²) in [5, 5.41) is 1.30. The van der Waals surface area contributed by atoms with Crippen molar-refractivity contribution in [2.45, 2.75) is 13.0 Å². The number of aromatic amines is 1. The number of nitrogens with zero attached hydrogens (tertiary/aromatic N) is 2. The number of pyridine rings is 1. The molecule has 0 saturated carbocycles. The van der Waals surface area contributed by atoms with Crippen LogP contribution in [0, 0.1) is 6.92 Å². The van der Waals surface area contributed by atoms with Crippen molar-refractivity contribution in [1.82, 2.24) is 14.9 Å². The zero-order valence-corrected chi connectivity index (χ0v) is 13.3. The number of fused-ring (bicyclic) bond motifs is 1. The number of ether oxygens (including phenoxy) is 1. The molecule has 1 aliphatic rings. The molecule has 0 spiro atoms. The van der Waals surface area contributed by atoms with Crippen molar-refractivity contribution in [3.8, 4) is 0 Å². The first-order valence-corrected chi connectivity index (χ1v) is 8.13. The summed E-state index contributed by atoms with van der Waals surface area (Å²) in [6.07, 6.45) is 3.76. The van der Waals surface area contributed by atoms with Crippen LogP contribution in [0.3, 0.4) is 0 Å². The predicted octanol–water partition coefficient (Wildman–Crippen LogP) is 3.29. The second-order valence-corrected chi connectivity index (χ2v) is 6.04. The molecule has 3 aromatic rings. The predicted molar refractivity (Wildman–Crippen MR) is 91.5 cm³/mol. The summed E-state index contributed by atoms with van der Waals surface area (Å²) in [5.41, 5.74) is 5.09. The molecule has 0 radical (unpaired) electrons. The molecular formula is C19H21N3O. The summed E-state index contributed by atoms with van der Waals surface area (Å²) in [5.74, 6) is 0. The number of H-pyrrole nitrogens is 1. The van der Waals surface area contributed by atoms with E-state index in [0.717, 1.165) is 26.3 Å². The van der Waals surface area contributed by atoms with Crippen molar-refractivity contribution >= 4 is 10.9 Å². The average molecular weight is 307 g/mol. The number of aromatic nitrogens is 2. The maximum Gasteiger partial charge on any atom is 0.0628 e. The molecule has 1 fully saturated rings. The first-order chi connectivity index (χ1) is 11.3. The molecule has 1 N–H and O–H groups in total. The quantitative estimate of drug-likeness (QED) is 0.807. The Morgan fingerprint density at radius 3 is 2.61 bits per heavy atom. The molecule has 0 amide bonds. The zero-order chi connectivity index (χ0) is 15.6. The molecule has 0 bridgehead atoms.